The minimum Gasteiger partial charge on any atom is -0.269 e. The van der Waals surface area contributed by atoms with Gasteiger partial charge in [-0.2, -0.15) is 5.10 Å². The number of aryl methyl sites for hydroxylation is 5. The van der Waals surface area contributed by atoms with Crippen LogP contribution in [-0.2, 0) is 19.4 Å². The molecule has 1 N–H and O–H groups in total. The lowest BCUT2D eigenvalue weighted by atomic mass is 9.98. The van der Waals surface area contributed by atoms with E-state index < -0.39 is 0 Å². The summed E-state index contributed by atoms with van der Waals surface area (Å²) < 4.78 is 3.10. The number of nitrogens with zero attached hydrogens (tertiary/aromatic N) is 4. The summed E-state index contributed by atoms with van der Waals surface area (Å²) >= 11 is 1.64. The van der Waals surface area contributed by atoms with Crippen LogP contribution in [0, 0.1) is 20.8 Å². The van der Waals surface area contributed by atoms with E-state index in [0.29, 0.717) is 29.0 Å². The number of aromatic nitrogens is 4. The fourth-order valence-corrected chi connectivity index (χ4v) is 5.58. The van der Waals surface area contributed by atoms with E-state index in [9.17, 15) is 9.59 Å². The largest absolute Gasteiger partial charge is 0.281 e. The van der Waals surface area contributed by atoms with E-state index in [4.69, 9.17) is 0 Å². The van der Waals surface area contributed by atoms with Gasteiger partial charge < -0.3 is 0 Å². The van der Waals surface area contributed by atoms with E-state index in [2.05, 4.69) is 15.5 Å². The number of hydrogen-bond acceptors (Lipinski definition) is 5. The number of nitrogens with one attached hydrogen (secondary N) is 1. The predicted octanol–water partition coefficient (Wildman–Crippen LogP) is 3.64. The monoisotopic (exact) mass is 413 g/mol. The van der Waals surface area contributed by atoms with Crippen LogP contribution in [0.3, 0.4) is 0 Å². The van der Waals surface area contributed by atoms with E-state index in [1.54, 1.807) is 22.9 Å². The third-order valence-electron chi connectivity index (χ3n) is 5.78. The Labute approximate surface area is 173 Å². The number of fused-ring (bicyclic) bond motifs is 3. The zero-order valence-corrected chi connectivity index (χ0v) is 18.3. The van der Waals surface area contributed by atoms with Crippen molar-refractivity contribution in [3.63, 3.8) is 0 Å². The van der Waals surface area contributed by atoms with Crippen molar-refractivity contribution < 1.29 is 4.79 Å². The summed E-state index contributed by atoms with van der Waals surface area (Å²) in [6, 6.07) is 0. The third-order valence-corrected chi connectivity index (χ3v) is 6.96. The quantitative estimate of drug-likeness (QED) is 0.711. The molecule has 0 saturated heterocycles. The third kappa shape index (κ3) is 3.39. The maximum Gasteiger partial charge on any atom is 0.281 e. The first-order valence-electron chi connectivity index (χ1n) is 10.3. The molecule has 3 aromatic rings. The highest BCUT2D eigenvalue weighted by Gasteiger charge is 2.23. The predicted molar refractivity (Wildman–Crippen MR) is 116 cm³/mol. The van der Waals surface area contributed by atoms with Gasteiger partial charge in [-0.3, -0.25) is 19.7 Å². The maximum atomic E-state index is 13.4. The molecule has 0 aromatic carbocycles. The van der Waals surface area contributed by atoms with E-state index in [-0.39, 0.29) is 11.5 Å². The second-order valence-electron chi connectivity index (χ2n) is 7.70. The Morgan fingerprint density at radius 3 is 2.55 bits per heavy atom. The molecular formula is C21H27N5O2S. The van der Waals surface area contributed by atoms with Crippen molar-refractivity contribution in [1.82, 2.24) is 19.4 Å². The smallest absolute Gasteiger partial charge is 0.269 e. The summed E-state index contributed by atoms with van der Waals surface area (Å²) in [5.74, 6) is 0.160. The van der Waals surface area contributed by atoms with Crippen LogP contribution in [0.1, 0.15) is 70.6 Å². The Balaban J connectivity index is 1.78. The molecule has 29 heavy (non-hydrogen) atoms. The van der Waals surface area contributed by atoms with Gasteiger partial charge in [0.05, 0.1) is 16.6 Å². The first-order valence-corrected chi connectivity index (χ1v) is 11.1. The molecule has 7 nitrogen and oxygen atoms in total. The molecule has 0 aliphatic heterocycles. The molecule has 1 aliphatic carbocycles. The lowest BCUT2D eigenvalue weighted by Crippen LogP contribution is -2.36. The van der Waals surface area contributed by atoms with Gasteiger partial charge in [0.15, 0.2) is 0 Å². The second kappa shape index (κ2) is 7.74. The van der Waals surface area contributed by atoms with Gasteiger partial charge in [-0.05, 0) is 58.9 Å². The van der Waals surface area contributed by atoms with Crippen molar-refractivity contribution >= 4 is 27.5 Å². The molecule has 8 heteroatoms. The summed E-state index contributed by atoms with van der Waals surface area (Å²) in [7, 11) is 0. The van der Waals surface area contributed by atoms with Gasteiger partial charge in [-0.1, -0.05) is 12.8 Å². The Hall–Kier alpha value is -2.48. The number of hydrogen-bond donors (Lipinski definition) is 1. The first kappa shape index (κ1) is 19.8. The normalized spacial score (nSPS) is 14.5. The molecule has 154 valence electrons. The van der Waals surface area contributed by atoms with Crippen LogP contribution < -0.4 is 11.0 Å². The maximum absolute atomic E-state index is 13.4. The number of amides is 1. The van der Waals surface area contributed by atoms with Crippen molar-refractivity contribution in [2.75, 3.05) is 5.43 Å². The van der Waals surface area contributed by atoms with Gasteiger partial charge in [0.25, 0.3) is 11.5 Å². The van der Waals surface area contributed by atoms with Crippen molar-refractivity contribution in [3.05, 3.63) is 43.6 Å². The van der Waals surface area contributed by atoms with Crippen molar-refractivity contribution in [1.29, 1.82) is 0 Å². The molecule has 0 fully saturated rings. The summed E-state index contributed by atoms with van der Waals surface area (Å²) in [4.78, 5) is 33.1. The zero-order valence-electron chi connectivity index (χ0n) is 17.5. The summed E-state index contributed by atoms with van der Waals surface area (Å²) in [6.45, 7) is 8.11. The lowest BCUT2D eigenvalue weighted by molar-refractivity contribution is 0.100. The minimum absolute atomic E-state index is 0.183. The standard InChI is InChI=1S/C21H27N5O2S/c1-5-25-13(3)17(12(2)23-25)19(27)24-26-14(4)22-20-18(21(26)28)15-10-8-6-7-9-11-16(15)29-20/h5-11H2,1-4H3,(H,24,27). The van der Waals surface area contributed by atoms with E-state index in [1.807, 2.05) is 20.8 Å². The van der Waals surface area contributed by atoms with Crippen LogP contribution in [0.5, 0.6) is 0 Å². The molecule has 3 heterocycles. The average molecular weight is 414 g/mol. The Morgan fingerprint density at radius 1 is 1.14 bits per heavy atom. The van der Waals surface area contributed by atoms with Crippen LogP contribution >= 0.6 is 11.3 Å². The molecule has 0 atom stereocenters. The van der Waals surface area contributed by atoms with Crippen LogP contribution in [0.4, 0.5) is 0 Å². The van der Waals surface area contributed by atoms with Gasteiger partial charge in [-0.15, -0.1) is 11.3 Å². The molecule has 3 aromatic heterocycles. The van der Waals surface area contributed by atoms with Crippen LogP contribution in [0.25, 0.3) is 10.2 Å². The highest BCUT2D eigenvalue weighted by Crippen LogP contribution is 2.32. The summed E-state index contributed by atoms with van der Waals surface area (Å²) in [5.41, 5.74) is 5.70. The Bertz CT molecular complexity index is 1150. The van der Waals surface area contributed by atoms with Crippen LogP contribution in [-0.4, -0.2) is 25.3 Å². The highest BCUT2D eigenvalue weighted by molar-refractivity contribution is 7.18. The van der Waals surface area contributed by atoms with Gasteiger partial charge in [0.1, 0.15) is 10.7 Å². The average Bonchev–Trinajstić information content (AvgIpc) is 3.14. The van der Waals surface area contributed by atoms with Crippen molar-refractivity contribution in [2.24, 2.45) is 0 Å². The molecule has 0 unspecified atom stereocenters. The molecule has 0 saturated carbocycles. The van der Waals surface area contributed by atoms with Crippen LogP contribution in [0.15, 0.2) is 4.79 Å². The van der Waals surface area contributed by atoms with Gasteiger partial charge in [-0.25, -0.2) is 9.66 Å². The molecule has 4 rings (SSSR count). The summed E-state index contributed by atoms with van der Waals surface area (Å²) in [5, 5.41) is 5.09. The minimum atomic E-state index is -0.329. The molecule has 1 aliphatic rings. The highest BCUT2D eigenvalue weighted by atomic mass is 32.1. The Kier molecular flexibility index (Phi) is 5.29. The molecular weight excluding hydrogens is 386 g/mol. The lowest BCUT2D eigenvalue weighted by Gasteiger charge is -2.12. The Morgan fingerprint density at radius 2 is 1.86 bits per heavy atom. The molecule has 0 radical (unpaired) electrons. The number of thiophene rings is 1. The number of carbonyl (C=O) groups is 1. The molecule has 1 amide bonds. The van der Waals surface area contributed by atoms with Crippen molar-refractivity contribution in [3.8, 4) is 0 Å². The number of rotatable bonds is 3. The van der Waals surface area contributed by atoms with E-state index in [0.717, 1.165) is 41.8 Å². The SMILES string of the molecule is CCn1nc(C)c(C(=O)Nn2c(C)nc3sc4c(c3c2=O)CCCCCC4)c1C. The molecule has 0 bridgehead atoms. The first-order chi connectivity index (χ1) is 13.9. The van der Waals surface area contributed by atoms with E-state index >= 15 is 0 Å². The van der Waals surface area contributed by atoms with E-state index in [1.165, 1.54) is 22.4 Å². The van der Waals surface area contributed by atoms with Crippen LogP contribution in [0.2, 0.25) is 0 Å². The second-order valence-corrected chi connectivity index (χ2v) is 8.78. The topological polar surface area (TPSA) is 81.8 Å². The van der Waals surface area contributed by atoms with Gasteiger partial charge in [0, 0.05) is 17.1 Å². The van der Waals surface area contributed by atoms with Gasteiger partial charge in [0.2, 0.25) is 0 Å². The number of carbonyl (C=O) groups excluding carboxylic acids is 1. The fraction of sp³-hybridized carbons (Fsp3) is 0.524. The summed E-state index contributed by atoms with van der Waals surface area (Å²) in [6.07, 6.45) is 6.60. The zero-order chi connectivity index (χ0) is 20.7. The van der Waals surface area contributed by atoms with Crippen molar-refractivity contribution in [2.45, 2.75) is 72.8 Å². The van der Waals surface area contributed by atoms with Gasteiger partial charge >= 0.3 is 0 Å². The molecule has 0 spiro atoms. The fourth-order valence-electron chi connectivity index (χ4n) is 4.28.